The van der Waals surface area contributed by atoms with Crippen molar-refractivity contribution in [1.29, 1.82) is 0 Å². The first-order valence-electron chi connectivity index (χ1n) is 2.54. The minimum Gasteiger partial charge on any atom is -0.247 e. The number of alkyl halides is 1. The zero-order valence-corrected chi connectivity index (χ0v) is 4.39. The Morgan fingerprint density at radius 3 is 2.14 bits per heavy atom. The molecule has 0 saturated heterocycles. The van der Waals surface area contributed by atoms with Crippen molar-refractivity contribution < 1.29 is 4.39 Å². The Morgan fingerprint density at radius 1 is 1.71 bits per heavy atom. The molecule has 0 aromatic heterocycles. The first-order valence-corrected chi connectivity index (χ1v) is 2.54. The van der Waals surface area contributed by atoms with E-state index in [9.17, 15) is 4.39 Å². The molecule has 1 aliphatic carbocycles. The highest BCUT2D eigenvalue weighted by atomic mass is 19.1. The second kappa shape index (κ2) is 1.32. The third kappa shape index (κ3) is 0.561. The minimum absolute atomic E-state index is 0.167. The summed E-state index contributed by atoms with van der Waals surface area (Å²) >= 11 is 0. The maximum Gasteiger partial charge on any atom is 0.110 e. The maximum absolute atomic E-state index is 12.1. The van der Waals surface area contributed by atoms with E-state index in [1.165, 1.54) is 0 Å². The van der Waals surface area contributed by atoms with Crippen LogP contribution in [0.5, 0.6) is 0 Å². The summed E-state index contributed by atoms with van der Waals surface area (Å²) in [4.78, 5) is 0. The van der Waals surface area contributed by atoms with Gasteiger partial charge >= 0.3 is 0 Å². The van der Waals surface area contributed by atoms with Gasteiger partial charge in [-0.3, -0.25) is 0 Å². The maximum atomic E-state index is 12.1. The molecule has 7 heavy (non-hydrogen) atoms. The normalized spacial score (nSPS) is 48.6. The van der Waals surface area contributed by atoms with Gasteiger partial charge in [0.05, 0.1) is 0 Å². The van der Waals surface area contributed by atoms with Crippen LogP contribution in [-0.2, 0) is 0 Å². The largest absolute Gasteiger partial charge is 0.247 e. The molecule has 1 fully saturated rings. The summed E-state index contributed by atoms with van der Waals surface area (Å²) in [5, 5.41) is 0. The van der Waals surface area contributed by atoms with Crippen molar-refractivity contribution in [2.24, 2.45) is 11.8 Å². The number of hydrogen-bond acceptors (Lipinski definition) is 0. The van der Waals surface area contributed by atoms with Crippen LogP contribution in [0.1, 0.15) is 6.92 Å². The van der Waals surface area contributed by atoms with Gasteiger partial charge in [-0.05, 0) is 5.92 Å². The summed E-state index contributed by atoms with van der Waals surface area (Å²) < 4.78 is 12.1. The van der Waals surface area contributed by atoms with Crippen molar-refractivity contribution in [3.05, 3.63) is 12.7 Å². The summed E-state index contributed by atoms with van der Waals surface area (Å²) in [7, 11) is 0. The molecule has 0 spiro atoms. The summed E-state index contributed by atoms with van der Waals surface area (Å²) in [6.45, 7) is 5.38. The van der Waals surface area contributed by atoms with Gasteiger partial charge < -0.3 is 0 Å². The van der Waals surface area contributed by atoms with Crippen LogP contribution in [0.15, 0.2) is 12.7 Å². The fourth-order valence-corrected chi connectivity index (χ4v) is 0.788. The predicted octanol–water partition coefficient (Wildman–Crippen LogP) is 1.78. The Kier molecular flexibility index (Phi) is 0.911. The molecule has 40 valence electrons. The summed E-state index contributed by atoms with van der Waals surface area (Å²) in [5.74, 6) is 0.414. The Bertz CT molecular complexity index is 80.2. The summed E-state index contributed by atoms with van der Waals surface area (Å²) in [6, 6.07) is 0. The Balaban J connectivity index is 2.37. The molecule has 0 nitrogen and oxygen atoms in total. The highest BCUT2D eigenvalue weighted by Gasteiger charge is 2.44. The molecule has 3 unspecified atom stereocenters. The first kappa shape index (κ1) is 4.82. The SMILES string of the molecule is C=CC1C(C)C1F. The van der Waals surface area contributed by atoms with Gasteiger partial charge in [0, 0.05) is 5.92 Å². The summed E-state index contributed by atoms with van der Waals surface area (Å²) in [5.41, 5.74) is 0. The van der Waals surface area contributed by atoms with Gasteiger partial charge in [-0.15, -0.1) is 6.58 Å². The number of rotatable bonds is 1. The van der Waals surface area contributed by atoms with Gasteiger partial charge in [-0.25, -0.2) is 4.39 Å². The van der Waals surface area contributed by atoms with Crippen LogP contribution in [0.4, 0.5) is 4.39 Å². The second-order valence-electron chi connectivity index (χ2n) is 2.12. The first-order chi connectivity index (χ1) is 3.27. The fourth-order valence-electron chi connectivity index (χ4n) is 0.788. The third-order valence-electron chi connectivity index (χ3n) is 1.61. The average molecular weight is 100 g/mol. The molecule has 3 atom stereocenters. The molecule has 1 heteroatoms. The molecule has 1 rings (SSSR count). The van der Waals surface area contributed by atoms with Crippen LogP contribution in [0.25, 0.3) is 0 Å². The quantitative estimate of drug-likeness (QED) is 0.440. The fraction of sp³-hybridized carbons (Fsp3) is 0.667. The van der Waals surface area contributed by atoms with Crippen LogP contribution < -0.4 is 0 Å². The molecule has 0 radical (unpaired) electrons. The van der Waals surface area contributed by atoms with Gasteiger partial charge in [-0.1, -0.05) is 13.0 Å². The highest BCUT2D eigenvalue weighted by molar-refractivity contribution is 5.04. The van der Waals surface area contributed by atoms with E-state index in [2.05, 4.69) is 6.58 Å². The molecule has 0 amide bonds. The molecule has 0 bridgehead atoms. The van der Waals surface area contributed by atoms with Gasteiger partial charge in [-0.2, -0.15) is 0 Å². The van der Waals surface area contributed by atoms with E-state index in [0.717, 1.165) is 0 Å². The Labute approximate surface area is 43.0 Å². The standard InChI is InChI=1S/C6H9F/c1-3-5-4(2)6(5)7/h3-6H,1H2,2H3. The Morgan fingerprint density at radius 2 is 2.14 bits per heavy atom. The van der Waals surface area contributed by atoms with Crippen molar-refractivity contribution in [1.82, 2.24) is 0 Å². The van der Waals surface area contributed by atoms with Crippen LogP contribution in [0, 0.1) is 11.8 Å². The zero-order valence-electron chi connectivity index (χ0n) is 4.39. The van der Waals surface area contributed by atoms with Crippen molar-refractivity contribution in [2.75, 3.05) is 0 Å². The lowest BCUT2D eigenvalue weighted by Crippen LogP contribution is -1.67. The Hall–Kier alpha value is -0.330. The smallest absolute Gasteiger partial charge is 0.110 e. The van der Waals surface area contributed by atoms with Gasteiger partial charge in [0.2, 0.25) is 0 Å². The van der Waals surface area contributed by atoms with Crippen molar-refractivity contribution in [3.63, 3.8) is 0 Å². The molecule has 1 saturated carbocycles. The number of allylic oxidation sites excluding steroid dienone is 1. The van der Waals surface area contributed by atoms with Gasteiger partial charge in [0.25, 0.3) is 0 Å². The molecule has 0 aromatic carbocycles. The molecule has 0 aromatic rings. The third-order valence-corrected chi connectivity index (χ3v) is 1.61. The topological polar surface area (TPSA) is 0 Å². The number of hydrogen-bond donors (Lipinski definition) is 0. The van der Waals surface area contributed by atoms with Crippen molar-refractivity contribution in [3.8, 4) is 0 Å². The van der Waals surface area contributed by atoms with Gasteiger partial charge in [0.15, 0.2) is 0 Å². The van der Waals surface area contributed by atoms with E-state index in [1.54, 1.807) is 6.08 Å². The lowest BCUT2D eigenvalue weighted by molar-refractivity contribution is 0.445. The molecule has 0 heterocycles. The summed E-state index contributed by atoms with van der Waals surface area (Å²) in [6.07, 6.45) is 1.10. The van der Waals surface area contributed by atoms with E-state index in [0.29, 0.717) is 0 Å². The second-order valence-corrected chi connectivity index (χ2v) is 2.12. The highest BCUT2D eigenvalue weighted by Crippen LogP contribution is 2.41. The predicted molar refractivity (Wildman–Crippen MR) is 27.7 cm³/mol. The molecular formula is C6H9F. The molecule has 0 aliphatic heterocycles. The lowest BCUT2D eigenvalue weighted by Gasteiger charge is -1.70. The zero-order chi connectivity index (χ0) is 5.44. The molecule has 0 N–H and O–H groups in total. The molecule has 1 aliphatic rings. The van der Waals surface area contributed by atoms with E-state index in [1.807, 2.05) is 6.92 Å². The van der Waals surface area contributed by atoms with Crippen LogP contribution in [0.2, 0.25) is 0 Å². The average Bonchev–Trinajstić information content (AvgIpc) is 2.17. The van der Waals surface area contributed by atoms with Crippen LogP contribution >= 0.6 is 0 Å². The van der Waals surface area contributed by atoms with Crippen molar-refractivity contribution in [2.45, 2.75) is 13.1 Å². The molecular weight excluding hydrogens is 91.1 g/mol. The lowest BCUT2D eigenvalue weighted by atomic mass is 10.3. The van der Waals surface area contributed by atoms with E-state index in [-0.39, 0.29) is 11.8 Å². The van der Waals surface area contributed by atoms with Gasteiger partial charge in [0.1, 0.15) is 6.17 Å². The van der Waals surface area contributed by atoms with Crippen LogP contribution in [-0.4, -0.2) is 6.17 Å². The van der Waals surface area contributed by atoms with E-state index < -0.39 is 6.17 Å². The van der Waals surface area contributed by atoms with Crippen LogP contribution in [0.3, 0.4) is 0 Å². The minimum atomic E-state index is -0.586. The van der Waals surface area contributed by atoms with E-state index in [4.69, 9.17) is 0 Å². The monoisotopic (exact) mass is 100 g/mol. The number of halogens is 1. The van der Waals surface area contributed by atoms with Crippen molar-refractivity contribution >= 4 is 0 Å². The van der Waals surface area contributed by atoms with E-state index >= 15 is 0 Å².